The molecule has 0 fully saturated rings. The van der Waals surface area contributed by atoms with Crippen LogP contribution in [-0.4, -0.2) is 8.07 Å². The third kappa shape index (κ3) is 6.78. The van der Waals surface area contributed by atoms with Gasteiger partial charge in [0, 0.05) is 34.1 Å². The predicted molar refractivity (Wildman–Crippen MR) is 296 cm³/mol. The Bertz CT molecular complexity index is 3790. The first-order valence-electron chi connectivity index (χ1n) is 23.8. The van der Waals surface area contributed by atoms with E-state index >= 15 is 0 Å². The Labute approximate surface area is 404 Å². The van der Waals surface area contributed by atoms with Crippen molar-refractivity contribution in [2.24, 2.45) is 0 Å². The van der Waals surface area contributed by atoms with Crippen LogP contribution in [0.25, 0.3) is 54.6 Å². The van der Waals surface area contributed by atoms with Crippen molar-refractivity contribution in [3.05, 3.63) is 279 Å². The molecule has 324 valence electrons. The van der Waals surface area contributed by atoms with Crippen molar-refractivity contribution in [3.63, 3.8) is 0 Å². The lowest BCUT2D eigenvalue weighted by molar-refractivity contribution is 1.29. The zero-order valence-electron chi connectivity index (χ0n) is 38.0. The molecule has 1 aliphatic rings. The first kappa shape index (κ1) is 40.5. The van der Waals surface area contributed by atoms with E-state index in [0.29, 0.717) is 0 Å². The highest BCUT2D eigenvalue weighted by molar-refractivity contribution is 7.21. The summed E-state index contributed by atoms with van der Waals surface area (Å²) in [5, 5.41) is 13.0. The lowest BCUT2D eigenvalue weighted by Gasteiger charge is -2.45. The number of para-hydroxylation sites is 2. The number of rotatable bonds is 8. The highest BCUT2D eigenvalue weighted by Gasteiger charge is 2.49. The first-order valence-corrected chi connectivity index (χ1v) is 25.8. The van der Waals surface area contributed by atoms with E-state index in [9.17, 15) is 0 Å². The van der Waals surface area contributed by atoms with Crippen LogP contribution in [0.2, 0.25) is 0 Å². The Morgan fingerprint density at radius 2 is 0.797 bits per heavy atom. The molecule has 0 unspecified atom stereocenters. The Hall–Kier alpha value is -8.76. The van der Waals surface area contributed by atoms with Gasteiger partial charge in [-0.1, -0.05) is 218 Å². The molecule has 0 saturated carbocycles. The molecule has 13 rings (SSSR count). The largest absolute Gasteiger partial charge is 0.311 e. The summed E-state index contributed by atoms with van der Waals surface area (Å²) in [6, 6.07) is 103. The predicted octanol–water partition coefficient (Wildman–Crippen LogP) is 15.1. The minimum Gasteiger partial charge on any atom is -0.311 e. The third-order valence-electron chi connectivity index (χ3n) is 14.3. The fourth-order valence-electron chi connectivity index (χ4n) is 11.1. The summed E-state index contributed by atoms with van der Waals surface area (Å²) < 4.78 is 0. The molecule has 3 heteroatoms. The van der Waals surface area contributed by atoms with Crippen LogP contribution in [0.1, 0.15) is 0 Å². The van der Waals surface area contributed by atoms with Crippen LogP contribution >= 0.6 is 0 Å². The van der Waals surface area contributed by atoms with Gasteiger partial charge in [0.15, 0.2) is 8.07 Å². The van der Waals surface area contributed by atoms with Crippen LogP contribution in [0.5, 0.6) is 0 Å². The maximum absolute atomic E-state index is 2.87. The fraction of sp³-hybridized carbons (Fsp3) is 0. The van der Waals surface area contributed by atoms with Gasteiger partial charge in [-0.3, -0.25) is 0 Å². The van der Waals surface area contributed by atoms with Gasteiger partial charge >= 0.3 is 0 Å². The van der Waals surface area contributed by atoms with Gasteiger partial charge in [-0.15, -0.1) is 0 Å². The fourth-order valence-corrected chi connectivity index (χ4v) is 16.3. The highest BCUT2D eigenvalue weighted by Crippen LogP contribution is 2.42. The minimum absolute atomic E-state index is 1.09. The van der Waals surface area contributed by atoms with E-state index in [1.165, 1.54) is 86.7 Å². The first-order chi connectivity index (χ1) is 34.2. The highest BCUT2D eigenvalue weighted by atomic mass is 28.3. The summed E-state index contributed by atoms with van der Waals surface area (Å²) in [7, 11) is -2.87. The summed E-state index contributed by atoms with van der Waals surface area (Å²) in [4.78, 5) is 4.88. The normalized spacial score (nSPS) is 12.7. The zero-order chi connectivity index (χ0) is 45.7. The van der Waals surface area contributed by atoms with Gasteiger partial charge in [0.2, 0.25) is 0 Å². The lowest BCUT2D eigenvalue weighted by Crippen LogP contribution is -2.77. The molecule has 0 saturated heterocycles. The Morgan fingerprint density at radius 1 is 0.290 bits per heavy atom. The van der Waals surface area contributed by atoms with Crippen molar-refractivity contribution < 1.29 is 0 Å². The smallest absolute Gasteiger partial charge is 0.184 e. The zero-order valence-corrected chi connectivity index (χ0v) is 39.0. The van der Waals surface area contributed by atoms with E-state index in [-0.39, 0.29) is 0 Å². The topological polar surface area (TPSA) is 6.48 Å². The van der Waals surface area contributed by atoms with E-state index in [1.54, 1.807) is 0 Å². The summed E-state index contributed by atoms with van der Waals surface area (Å²) in [5.74, 6) is 0. The number of fused-ring (bicyclic) bond motifs is 6. The molecule has 69 heavy (non-hydrogen) atoms. The standard InChI is InChI=1S/C66H46N2Si/c1-4-20-53(21-5-1)68-63-29-14-15-30-65(63)69(57-22-6-2-7-23-57,58-24-8-3-9-25-58)66-46-51(37-44-64(66)68)47-33-38-54(39-34-47)67(56-42-43-62-52(45-56)32-31-49-18-11-13-27-60(49)62)55-40-35-50(36-41-55)61-28-16-19-48-17-10-12-26-59(48)61/h1-46H. The SMILES string of the molecule is c1ccc(N2c3ccccc3[Si](c3ccccc3)(c3ccccc3)c3cc(-c4ccc(N(c5ccc(-c6cccc7ccccc67)cc5)c5ccc6c(ccc7ccccc76)c5)cc4)ccc32)cc1. The number of benzene rings is 12. The van der Waals surface area contributed by atoms with Gasteiger partial charge in [0.05, 0.1) is 0 Å². The summed E-state index contributed by atoms with van der Waals surface area (Å²) in [6.45, 7) is 0. The average molecular weight is 895 g/mol. The summed E-state index contributed by atoms with van der Waals surface area (Å²) >= 11 is 0. The Kier molecular flexibility index (Phi) is 9.88. The van der Waals surface area contributed by atoms with Crippen LogP contribution in [0.4, 0.5) is 34.1 Å². The quantitative estimate of drug-likeness (QED) is 0.111. The van der Waals surface area contributed by atoms with E-state index < -0.39 is 8.07 Å². The van der Waals surface area contributed by atoms with Crippen molar-refractivity contribution in [1.82, 2.24) is 0 Å². The molecule has 0 aromatic heterocycles. The van der Waals surface area contributed by atoms with Crippen molar-refractivity contribution in [2.45, 2.75) is 0 Å². The van der Waals surface area contributed by atoms with Crippen molar-refractivity contribution in [1.29, 1.82) is 0 Å². The maximum atomic E-state index is 2.51. The number of hydrogen-bond acceptors (Lipinski definition) is 2. The molecule has 12 aromatic carbocycles. The van der Waals surface area contributed by atoms with E-state index in [4.69, 9.17) is 0 Å². The Balaban J connectivity index is 0.964. The van der Waals surface area contributed by atoms with E-state index in [2.05, 4.69) is 289 Å². The molecule has 1 aliphatic heterocycles. The molecule has 2 nitrogen and oxygen atoms in total. The minimum atomic E-state index is -2.87. The molecular weight excluding hydrogens is 849 g/mol. The molecule has 0 radical (unpaired) electrons. The van der Waals surface area contributed by atoms with E-state index in [1.807, 2.05) is 0 Å². The monoisotopic (exact) mass is 894 g/mol. The van der Waals surface area contributed by atoms with Crippen molar-refractivity contribution in [2.75, 3.05) is 9.80 Å². The van der Waals surface area contributed by atoms with Crippen LogP contribution in [0.3, 0.4) is 0 Å². The molecule has 1 heterocycles. The van der Waals surface area contributed by atoms with Gasteiger partial charge < -0.3 is 9.80 Å². The van der Waals surface area contributed by atoms with Crippen LogP contribution < -0.4 is 30.5 Å². The second kappa shape index (κ2) is 16.8. The van der Waals surface area contributed by atoms with Gasteiger partial charge in [-0.25, -0.2) is 0 Å². The van der Waals surface area contributed by atoms with Crippen LogP contribution in [0, 0.1) is 0 Å². The number of hydrogen-bond donors (Lipinski definition) is 0. The molecule has 0 amide bonds. The van der Waals surface area contributed by atoms with Crippen LogP contribution in [-0.2, 0) is 0 Å². The van der Waals surface area contributed by atoms with Crippen molar-refractivity contribution >= 4 is 95.3 Å². The lowest BCUT2D eigenvalue weighted by atomic mass is 9.98. The Morgan fingerprint density at radius 3 is 1.51 bits per heavy atom. The van der Waals surface area contributed by atoms with Gasteiger partial charge in [0.25, 0.3) is 0 Å². The molecule has 0 aliphatic carbocycles. The van der Waals surface area contributed by atoms with Gasteiger partial charge in [-0.2, -0.15) is 0 Å². The van der Waals surface area contributed by atoms with Gasteiger partial charge in [0.1, 0.15) is 0 Å². The molecular formula is C66H46N2Si. The maximum Gasteiger partial charge on any atom is 0.184 e. The molecule has 0 bridgehead atoms. The third-order valence-corrected chi connectivity index (χ3v) is 19.1. The summed E-state index contributed by atoms with van der Waals surface area (Å²) in [5.41, 5.74) is 11.7. The van der Waals surface area contributed by atoms with Crippen molar-refractivity contribution in [3.8, 4) is 22.3 Å². The molecule has 12 aromatic rings. The second-order valence-corrected chi connectivity index (χ2v) is 21.8. The number of anilines is 6. The van der Waals surface area contributed by atoms with Gasteiger partial charge in [-0.05, 0) is 136 Å². The molecule has 0 spiro atoms. The summed E-state index contributed by atoms with van der Waals surface area (Å²) in [6.07, 6.45) is 0. The molecule has 0 atom stereocenters. The van der Waals surface area contributed by atoms with E-state index in [0.717, 1.165) is 22.7 Å². The second-order valence-electron chi connectivity index (χ2n) is 18.1. The molecule has 0 N–H and O–H groups in total. The number of nitrogens with zero attached hydrogens (tertiary/aromatic N) is 2. The van der Waals surface area contributed by atoms with Crippen LogP contribution in [0.15, 0.2) is 279 Å². The average Bonchev–Trinajstić information content (AvgIpc) is 3.43.